The van der Waals surface area contributed by atoms with Gasteiger partial charge in [0.1, 0.15) is 5.82 Å². The van der Waals surface area contributed by atoms with Gasteiger partial charge in [-0.05, 0) is 49.2 Å². The lowest BCUT2D eigenvalue weighted by atomic mass is 9.97. The largest absolute Gasteiger partial charge is 0.416 e. The van der Waals surface area contributed by atoms with Crippen molar-refractivity contribution >= 4 is 11.3 Å². The Hall–Kier alpha value is -1.40. The van der Waals surface area contributed by atoms with Gasteiger partial charge in [0, 0.05) is 10.4 Å². The molecule has 1 N–H and O–H groups in total. The summed E-state index contributed by atoms with van der Waals surface area (Å²) in [6.45, 7) is 1.86. The van der Waals surface area contributed by atoms with Gasteiger partial charge in [-0.25, -0.2) is 4.39 Å². The molecular weight excluding hydrogens is 290 g/mol. The number of hydrogen-bond donors (Lipinski definition) is 1. The van der Waals surface area contributed by atoms with Crippen molar-refractivity contribution < 1.29 is 17.6 Å². The van der Waals surface area contributed by atoms with E-state index in [4.69, 9.17) is 0 Å². The molecule has 1 nitrogen and oxygen atoms in total. The molecule has 0 saturated carbocycles. The Morgan fingerprint density at radius 3 is 2.35 bits per heavy atom. The second-order valence-electron chi connectivity index (χ2n) is 4.39. The molecular formula is C14H13F4NS. The van der Waals surface area contributed by atoms with Crippen LogP contribution in [-0.4, -0.2) is 7.05 Å². The minimum absolute atomic E-state index is 0.00354. The predicted octanol–water partition coefficient (Wildman–Crippen LogP) is 4.52. The number of aryl methyl sites for hydroxylation is 1. The molecule has 2 rings (SSSR count). The third kappa shape index (κ3) is 2.86. The van der Waals surface area contributed by atoms with Gasteiger partial charge < -0.3 is 5.32 Å². The molecule has 1 heterocycles. The molecule has 0 saturated heterocycles. The number of nitrogens with one attached hydrogen (secondary N) is 1. The zero-order valence-corrected chi connectivity index (χ0v) is 11.7. The van der Waals surface area contributed by atoms with Gasteiger partial charge in [0.05, 0.1) is 11.6 Å². The molecule has 0 amide bonds. The SMILES string of the molecule is CNC(c1cc(C(F)(F)F)ccc1F)c1ccsc1C. The smallest absolute Gasteiger partial charge is 0.309 e. The lowest BCUT2D eigenvalue weighted by molar-refractivity contribution is -0.137. The molecule has 0 aliphatic carbocycles. The molecule has 0 aliphatic heterocycles. The van der Waals surface area contributed by atoms with Crippen molar-refractivity contribution in [2.24, 2.45) is 0 Å². The van der Waals surface area contributed by atoms with Crippen LogP contribution in [0, 0.1) is 12.7 Å². The van der Waals surface area contributed by atoms with E-state index >= 15 is 0 Å². The standard InChI is InChI=1S/C14H13F4NS/c1-8-10(5-6-20-8)13(19-2)11-7-9(14(16,17)18)3-4-12(11)15/h3-7,13,19H,1-2H3. The highest BCUT2D eigenvalue weighted by Crippen LogP contribution is 2.34. The van der Waals surface area contributed by atoms with Crippen LogP contribution >= 0.6 is 11.3 Å². The van der Waals surface area contributed by atoms with Crippen molar-refractivity contribution in [1.29, 1.82) is 0 Å². The van der Waals surface area contributed by atoms with Crippen LogP contribution in [0.1, 0.15) is 27.6 Å². The monoisotopic (exact) mass is 303 g/mol. The Kier molecular flexibility index (Phi) is 4.15. The van der Waals surface area contributed by atoms with E-state index < -0.39 is 23.6 Å². The first kappa shape index (κ1) is 15.0. The Labute approximate surface area is 118 Å². The fourth-order valence-corrected chi connectivity index (χ4v) is 2.85. The molecule has 1 atom stereocenters. The van der Waals surface area contributed by atoms with Crippen LogP contribution in [-0.2, 0) is 6.18 Å². The van der Waals surface area contributed by atoms with E-state index in [1.54, 1.807) is 13.1 Å². The summed E-state index contributed by atoms with van der Waals surface area (Å²) in [6, 6.07) is 3.69. The summed E-state index contributed by atoms with van der Waals surface area (Å²) in [5.41, 5.74) is -0.0541. The van der Waals surface area contributed by atoms with Gasteiger partial charge in [0.2, 0.25) is 0 Å². The van der Waals surface area contributed by atoms with Gasteiger partial charge in [-0.1, -0.05) is 0 Å². The van der Waals surface area contributed by atoms with Crippen molar-refractivity contribution in [3.8, 4) is 0 Å². The third-order valence-electron chi connectivity index (χ3n) is 3.13. The summed E-state index contributed by atoms with van der Waals surface area (Å²) in [6.07, 6.45) is -4.48. The van der Waals surface area contributed by atoms with E-state index in [1.807, 2.05) is 12.3 Å². The quantitative estimate of drug-likeness (QED) is 0.822. The molecule has 20 heavy (non-hydrogen) atoms. The lowest BCUT2D eigenvalue weighted by Gasteiger charge is -2.19. The minimum Gasteiger partial charge on any atom is -0.309 e. The average Bonchev–Trinajstić information content (AvgIpc) is 2.78. The first-order valence-electron chi connectivity index (χ1n) is 5.92. The van der Waals surface area contributed by atoms with Gasteiger partial charge in [-0.3, -0.25) is 0 Å². The first-order chi connectivity index (χ1) is 9.34. The van der Waals surface area contributed by atoms with Crippen molar-refractivity contribution in [2.75, 3.05) is 7.05 Å². The van der Waals surface area contributed by atoms with Crippen LogP contribution in [0.4, 0.5) is 17.6 Å². The number of thiophene rings is 1. The van der Waals surface area contributed by atoms with E-state index in [0.717, 1.165) is 28.6 Å². The van der Waals surface area contributed by atoms with Crippen LogP contribution in [0.15, 0.2) is 29.6 Å². The summed E-state index contributed by atoms with van der Waals surface area (Å²) >= 11 is 1.47. The number of rotatable bonds is 3. The molecule has 1 aromatic carbocycles. The highest BCUT2D eigenvalue weighted by molar-refractivity contribution is 7.10. The zero-order valence-electron chi connectivity index (χ0n) is 10.9. The van der Waals surface area contributed by atoms with Crippen molar-refractivity contribution in [3.63, 3.8) is 0 Å². The highest BCUT2D eigenvalue weighted by atomic mass is 32.1. The number of halogens is 4. The molecule has 108 valence electrons. The van der Waals surface area contributed by atoms with E-state index in [2.05, 4.69) is 5.32 Å². The highest BCUT2D eigenvalue weighted by Gasteiger charge is 2.32. The normalized spacial score (nSPS) is 13.5. The molecule has 0 bridgehead atoms. The molecule has 0 spiro atoms. The fraction of sp³-hybridized carbons (Fsp3) is 0.286. The number of benzene rings is 1. The van der Waals surface area contributed by atoms with Crippen LogP contribution in [0.2, 0.25) is 0 Å². The van der Waals surface area contributed by atoms with Gasteiger partial charge in [-0.2, -0.15) is 13.2 Å². The topological polar surface area (TPSA) is 12.0 Å². The summed E-state index contributed by atoms with van der Waals surface area (Å²) in [5, 5.41) is 4.71. The lowest BCUT2D eigenvalue weighted by Crippen LogP contribution is -2.20. The number of alkyl halides is 3. The second-order valence-corrected chi connectivity index (χ2v) is 5.51. The maximum Gasteiger partial charge on any atom is 0.416 e. The average molecular weight is 303 g/mol. The predicted molar refractivity (Wildman–Crippen MR) is 71.4 cm³/mol. The second kappa shape index (κ2) is 5.54. The Balaban J connectivity index is 2.52. The first-order valence-corrected chi connectivity index (χ1v) is 6.80. The maximum atomic E-state index is 13.9. The summed E-state index contributed by atoms with van der Waals surface area (Å²) in [5.74, 6) is -0.650. The van der Waals surface area contributed by atoms with Gasteiger partial charge in [0.25, 0.3) is 0 Å². The van der Waals surface area contributed by atoms with E-state index in [0.29, 0.717) is 0 Å². The van der Waals surface area contributed by atoms with Gasteiger partial charge in [-0.15, -0.1) is 11.3 Å². The molecule has 1 aromatic heterocycles. The van der Waals surface area contributed by atoms with Crippen molar-refractivity contribution in [3.05, 3.63) is 57.0 Å². The summed E-state index contributed by atoms with van der Waals surface area (Å²) in [7, 11) is 1.60. The number of hydrogen-bond acceptors (Lipinski definition) is 2. The van der Waals surface area contributed by atoms with Crippen molar-refractivity contribution in [2.45, 2.75) is 19.1 Å². The fourth-order valence-electron chi connectivity index (χ4n) is 2.11. The van der Waals surface area contributed by atoms with Gasteiger partial charge in [0.15, 0.2) is 0 Å². The van der Waals surface area contributed by atoms with Gasteiger partial charge >= 0.3 is 6.18 Å². The molecule has 0 fully saturated rings. The molecule has 2 aromatic rings. The zero-order chi connectivity index (χ0) is 14.9. The van der Waals surface area contributed by atoms with Crippen LogP contribution < -0.4 is 5.32 Å². The molecule has 0 radical (unpaired) electrons. The Morgan fingerprint density at radius 2 is 1.85 bits per heavy atom. The minimum atomic E-state index is -4.48. The molecule has 6 heteroatoms. The third-order valence-corrected chi connectivity index (χ3v) is 3.99. The summed E-state index contributed by atoms with van der Waals surface area (Å²) < 4.78 is 52.2. The van der Waals surface area contributed by atoms with E-state index in [1.165, 1.54) is 11.3 Å². The van der Waals surface area contributed by atoms with Crippen LogP contribution in [0.5, 0.6) is 0 Å². The van der Waals surface area contributed by atoms with Crippen LogP contribution in [0.3, 0.4) is 0 Å². The molecule has 0 aliphatic rings. The maximum absolute atomic E-state index is 13.9. The van der Waals surface area contributed by atoms with E-state index in [-0.39, 0.29) is 5.56 Å². The van der Waals surface area contributed by atoms with Crippen molar-refractivity contribution in [1.82, 2.24) is 5.32 Å². The Bertz CT molecular complexity index is 603. The van der Waals surface area contributed by atoms with E-state index in [9.17, 15) is 17.6 Å². The molecule has 1 unspecified atom stereocenters. The Morgan fingerprint density at radius 1 is 1.15 bits per heavy atom. The van der Waals surface area contributed by atoms with Crippen LogP contribution in [0.25, 0.3) is 0 Å². The summed E-state index contributed by atoms with van der Waals surface area (Å²) in [4.78, 5) is 0.946.